The third-order valence-electron chi connectivity index (χ3n) is 4.55. The maximum absolute atomic E-state index is 12.9. The number of nitrogens with zero attached hydrogens (tertiary/aromatic N) is 3. The van der Waals surface area contributed by atoms with Gasteiger partial charge in [-0.25, -0.2) is 4.68 Å². The summed E-state index contributed by atoms with van der Waals surface area (Å²) in [6.45, 7) is 2.88. The van der Waals surface area contributed by atoms with E-state index >= 15 is 0 Å². The lowest BCUT2D eigenvalue weighted by Gasteiger charge is -2.15. The predicted molar refractivity (Wildman–Crippen MR) is 103 cm³/mol. The number of halogens is 2. The average Bonchev–Trinajstić information content (AvgIpc) is 3.06. The van der Waals surface area contributed by atoms with Gasteiger partial charge in [0.05, 0.1) is 5.69 Å². The molecule has 0 fully saturated rings. The summed E-state index contributed by atoms with van der Waals surface area (Å²) in [4.78, 5) is 17.0. The summed E-state index contributed by atoms with van der Waals surface area (Å²) >= 11 is 0. The molecule has 2 heterocycles. The van der Waals surface area contributed by atoms with Crippen LogP contribution in [0, 0.1) is 13.8 Å². The van der Waals surface area contributed by atoms with Crippen LogP contribution in [-0.2, 0) is 6.42 Å². The first-order chi connectivity index (χ1) is 13.3. The van der Waals surface area contributed by atoms with Gasteiger partial charge in [0.1, 0.15) is 0 Å². The number of aryl methyl sites for hydroxylation is 2. The van der Waals surface area contributed by atoms with Gasteiger partial charge in [-0.2, -0.15) is 13.9 Å². The van der Waals surface area contributed by atoms with Gasteiger partial charge in [0.15, 0.2) is 0 Å². The predicted octanol–water partition coefficient (Wildman–Crippen LogP) is 4.32. The largest absolute Gasteiger partial charge is 0.349 e. The van der Waals surface area contributed by atoms with E-state index < -0.39 is 6.55 Å². The molecular formula is C21H22F2N4O. The number of rotatable bonds is 6. The molecule has 0 bridgehead atoms. The molecule has 3 rings (SSSR count). The van der Waals surface area contributed by atoms with E-state index in [2.05, 4.69) is 15.4 Å². The van der Waals surface area contributed by atoms with Gasteiger partial charge >= 0.3 is 6.55 Å². The Morgan fingerprint density at radius 1 is 1.21 bits per heavy atom. The maximum Gasteiger partial charge on any atom is 0.333 e. The van der Waals surface area contributed by atoms with E-state index in [9.17, 15) is 13.6 Å². The smallest absolute Gasteiger partial charge is 0.333 e. The maximum atomic E-state index is 12.9. The molecule has 0 aliphatic rings. The lowest BCUT2D eigenvalue weighted by atomic mass is 10.0. The number of nitrogens with one attached hydrogen (secondary N) is 1. The third kappa shape index (κ3) is 4.42. The van der Waals surface area contributed by atoms with Crippen LogP contribution < -0.4 is 5.32 Å². The van der Waals surface area contributed by atoms with Crippen LogP contribution >= 0.6 is 0 Å². The second-order valence-electron chi connectivity index (χ2n) is 6.81. The fraction of sp³-hybridized carbons (Fsp3) is 0.286. The van der Waals surface area contributed by atoms with Crippen LogP contribution in [0.2, 0.25) is 0 Å². The Bertz CT molecular complexity index is 984. The van der Waals surface area contributed by atoms with Gasteiger partial charge < -0.3 is 5.32 Å². The van der Waals surface area contributed by atoms with E-state index in [4.69, 9.17) is 0 Å². The number of carbonyl (C=O) groups is 1. The van der Waals surface area contributed by atoms with Crippen molar-refractivity contribution in [2.75, 3.05) is 0 Å². The zero-order chi connectivity index (χ0) is 20.3. The Labute approximate surface area is 162 Å². The molecule has 0 saturated carbocycles. The standard InChI is InChI=1S/C21H22F2N4O/c1-13-6-5-9-24-19(13)10-14(2)25-20(28)17-8-4-7-16(11-17)18-12-27(21(22)23)26-15(18)3/h4-9,11-12,14,21H,10H2,1-3H3,(H,25,28). The van der Waals surface area contributed by atoms with Gasteiger partial charge in [-0.05, 0) is 50.1 Å². The molecule has 0 saturated heterocycles. The summed E-state index contributed by atoms with van der Waals surface area (Å²) in [5.41, 5.74) is 4.22. The highest BCUT2D eigenvalue weighted by molar-refractivity contribution is 5.95. The lowest BCUT2D eigenvalue weighted by Crippen LogP contribution is -2.34. The SMILES string of the molecule is Cc1cccnc1CC(C)NC(=O)c1cccc(-c2cn(C(F)F)nc2C)c1. The Balaban J connectivity index is 1.74. The van der Waals surface area contributed by atoms with Crippen LogP contribution in [0.25, 0.3) is 11.1 Å². The van der Waals surface area contributed by atoms with E-state index in [1.165, 1.54) is 6.20 Å². The summed E-state index contributed by atoms with van der Waals surface area (Å²) in [5.74, 6) is -0.221. The van der Waals surface area contributed by atoms with Crippen molar-refractivity contribution >= 4 is 5.91 Å². The summed E-state index contributed by atoms with van der Waals surface area (Å²) in [5, 5.41) is 6.79. The average molecular weight is 384 g/mol. The molecule has 28 heavy (non-hydrogen) atoms. The molecule has 1 amide bonds. The van der Waals surface area contributed by atoms with Gasteiger partial charge in [-0.15, -0.1) is 0 Å². The van der Waals surface area contributed by atoms with E-state index in [1.807, 2.05) is 26.0 Å². The van der Waals surface area contributed by atoms with Crippen LogP contribution in [0.5, 0.6) is 0 Å². The highest BCUT2D eigenvalue weighted by atomic mass is 19.3. The van der Waals surface area contributed by atoms with Crippen molar-refractivity contribution in [1.82, 2.24) is 20.1 Å². The molecule has 0 aliphatic heterocycles. The summed E-state index contributed by atoms with van der Waals surface area (Å²) in [6, 6.07) is 10.7. The zero-order valence-corrected chi connectivity index (χ0v) is 16.0. The molecule has 0 radical (unpaired) electrons. The number of amides is 1. The molecule has 1 atom stereocenters. The fourth-order valence-corrected chi connectivity index (χ4v) is 3.07. The number of benzene rings is 1. The molecule has 1 aromatic carbocycles. The highest BCUT2D eigenvalue weighted by Gasteiger charge is 2.16. The molecule has 0 aliphatic carbocycles. The van der Waals surface area contributed by atoms with Crippen molar-refractivity contribution in [1.29, 1.82) is 0 Å². The first-order valence-electron chi connectivity index (χ1n) is 9.01. The number of carbonyl (C=O) groups excluding carboxylic acids is 1. The topological polar surface area (TPSA) is 59.8 Å². The molecule has 0 spiro atoms. The Kier molecular flexibility index (Phi) is 5.82. The molecule has 1 N–H and O–H groups in total. The van der Waals surface area contributed by atoms with Crippen LogP contribution in [0.4, 0.5) is 8.78 Å². The molecule has 7 heteroatoms. The van der Waals surface area contributed by atoms with Crippen LogP contribution in [0.1, 0.15) is 40.8 Å². The van der Waals surface area contributed by atoms with E-state index in [0.717, 1.165) is 11.3 Å². The van der Waals surface area contributed by atoms with Crippen LogP contribution in [0.15, 0.2) is 48.8 Å². The monoisotopic (exact) mass is 384 g/mol. The van der Waals surface area contributed by atoms with Crippen LogP contribution in [0.3, 0.4) is 0 Å². The Hall–Kier alpha value is -3.09. The second-order valence-corrected chi connectivity index (χ2v) is 6.81. The fourth-order valence-electron chi connectivity index (χ4n) is 3.07. The highest BCUT2D eigenvalue weighted by Crippen LogP contribution is 2.25. The van der Waals surface area contributed by atoms with Crippen LogP contribution in [-0.4, -0.2) is 26.7 Å². The minimum atomic E-state index is -2.70. The number of hydrogen-bond donors (Lipinski definition) is 1. The van der Waals surface area contributed by atoms with Crippen molar-refractivity contribution in [2.45, 2.75) is 39.8 Å². The van der Waals surface area contributed by atoms with Crippen molar-refractivity contribution in [3.05, 3.63) is 71.3 Å². The Morgan fingerprint density at radius 2 is 2.00 bits per heavy atom. The summed E-state index contributed by atoms with van der Waals surface area (Å²) < 4.78 is 26.4. The van der Waals surface area contributed by atoms with Crippen molar-refractivity contribution in [3.8, 4) is 11.1 Å². The summed E-state index contributed by atoms with van der Waals surface area (Å²) in [6.07, 6.45) is 3.66. The minimum absolute atomic E-state index is 0.104. The number of pyridine rings is 1. The van der Waals surface area contributed by atoms with Gasteiger partial charge in [0, 0.05) is 41.7 Å². The normalized spacial score (nSPS) is 12.2. The van der Waals surface area contributed by atoms with Crippen molar-refractivity contribution in [2.24, 2.45) is 0 Å². The lowest BCUT2D eigenvalue weighted by molar-refractivity contribution is 0.0563. The number of aromatic nitrogens is 3. The Morgan fingerprint density at radius 3 is 2.68 bits per heavy atom. The molecule has 146 valence electrons. The van der Waals surface area contributed by atoms with Gasteiger partial charge in [0.2, 0.25) is 0 Å². The summed E-state index contributed by atoms with van der Waals surface area (Å²) in [7, 11) is 0. The first kappa shape index (κ1) is 19.7. The van der Waals surface area contributed by atoms with Gasteiger partial charge in [-0.1, -0.05) is 18.2 Å². The number of hydrogen-bond acceptors (Lipinski definition) is 3. The van der Waals surface area contributed by atoms with Gasteiger partial charge in [-0.3, -0.25) is 9.78 Å². The molecular weight excluding hydrogens is 362 g/mol. The minimum Gasteiger partial charge on any atom is -0.349 e. The van der Waals surface area contributed by atoms with Crippen molar-refractivity contribution < 1.29 is 13.6 Å². The second kappa shape index (κ2) is 8.29. The molecule has 3 aromatic rings. The van der Waals surface area contributed by atoms with E-state index in [-0.39, 0.29) is 11.9 Å². The van der Waals surface area contributed by atoms with Crippen molar-refractivity contribution in [3.63, 3.8) is 0 Å². The first-order valence-corrected chi connectivity index (χ1v) is 9.01. The van der Waals surface area contributed by atoms with E-state index in [1.54, 1.807) is 37.4 Å². The van der Waals surface area contributed by atoms with Gasteiger partial charge in [0.25, 0.3) is 5.91 Å². The van der Waals surface area contributed by atoms with E-state index in [0.29, 0.717) is 33.5 Å². The molecule has 5 nitrogen and oxygen atoms in total. The zero-order valence-electron chi connectivity index (χ0n) is 16.0. The quantitative estimate of drug-likeness (QED) is 0.689. The molecule has 2 aromatic heterocycles. The third-order valence-corrected chi connectivity index (χ3v) is 4.55. The number of alkyl halides is 2. The molecule has 1 unspecified atom stereocenters.